The number of anilines is 1. The zero-order valence-electron chi connectivity index (χ0n) is 14.6. The number of hydrogen-bond acceptors (Lipinski definition) is 4. The minimum absolute atomic E-state index is 0.170. The number of carbonyl (C=O) groups excluding carboxylic acids is 1. The molecule has 1 N–H and O–H groups in total. The van der Waals surface area contributed by atoms with Crippen molar-refractivity contribution in [2.45, 2.75) is 0 Å². The van der Waals surface area contributed by atoms with Crippen LogP contribution in [-0.4, -0.2) is 19.1 Å². The monoisotopic (exact) mass is 358 g/mol. The Morgan fingerprint density at radius 1 is 0.852 bits per heavy atom. The summed E-state index contributed by atoms with van der Waals surface area (Å²) in [6, 6.07) is 25.2. The van der Waals surface area contributed by atoms with E-state index in [0.29, 0.717) is 41.5 Å². The highest BCUT2D eigenvalue weighted by Crippen LogP contribution is 2.18. The summed E-state index contributed by atoms with van der Waals surface area (Å²) in [7, 11) is 0. The summed E-state index contributed by atoms with van der Waals surface area (Å²) in [5, 5.41) is 11.6. The molecule has 0 unspecified atom stereocenters. The average molecular weight is 358 g/mol. The van der Waals surface area contributed by atoms with E-state index in [1.807, 2.05) is 30.3 Å². The summed E-state index contributed by atoms with van der Waals surface area (Å²) in [5.41, 5.74) is 1.85. The fraction of sp³-hybridized carbons (Fsp3) is 0.0909. The van der Waals surface area contributed by atoms with Crippen molar-refractivity contribution >= 4 is 11.6 Å². The first-order chi connectivity index (χ1) is 13.2. The SMILES string of the molecule is N#Cc1ccc(OCCOc2cccc(NC(=O)c3ccccc3)c2)cc1. The van der Waals surface area contributed by atoms with E-state index in [1.165, 1.54) is 0 Å². The molecule has 5 heteroatoms. The van der Waals surface area contributed by atoms with Crippen LogP contribution in [0, 0.1) is 11.3 Å². The first-order valence-electron chi connectivity index (χ1n) is 8.47. The molecule has 3 aromatic carbocycles. The molecule has 0 aliphatic carbocycles. The lowest BCUT2D eigenvalue weighted by atomic mass is 10.2. The van der Waals surface area contributed by atoms with Gasteiger partial charge in [0.1, 0.15) is 24.7 Å². The lowest BCUT2D eigenvalue weighted by Crippen LogP contribution is -2.12. The van der Waals surface area contributed by atoms with E-state index >= 15 is 0 Å². The maximum atomic E-state index is 12.2. The van der Waals surface area contributed by atoms with Crippen molar-refractivity contribution < 1.29 is 14.3 Å². The summed E-state index contributed by atoms with van der Waals surface area (Å²) in [5.74, 6) is 1.16. The molecule has 134 valence electrons. The van der Waals surface area contributed by atoms with Crippen LogP contribution in [0.3, 0.4) is 0 Å². The Kier molecular flexibility index (Phi) is 6.05. The van der Waals surface area contributed by atoms with Gasteiger partial charge in [-0.25, -0.2) is 0 Å². The van der Waals surface area contributed by atoms with E-state index in [9.17, 15) is 4.79 Å². The van der Waals surface area contributed by atoms with Gasteiger partial charge in [0.05, 0.1) is 11.6 Å². The number of amides is 1. The maximum Gasteiger partial charge on any atom is 0.255 e. The van der Waals surface area contributed by atoms with Crippen LogP contribution >= 0.6 is 0 Å². The Morgan fingerprint density at radius 2 is 1.56 bits per heavy atom. The van der Waals surface area contributed by atoms with Gasteiger partial charge in [-0.2, -0.15) is 5.26 Å². The van der Waals surface area contributed by atoms with Gasteiger partial charge in [0.15, 0.2) is 0 Å². The first kappa shape index (κ1) is 18.0. The molecule has 0 heterocycles. The van der Waals surface area contributed by atoms with Crippen LogP contribution in [0.25, 0.3) is 0 Å². The standard InChI is InChI=1S/C22H18N2O3/c23-16-17-9-11-20(12-10-17)26-13-14-27-21-8-4-7-19(15-21)24-22(25)18-5-2-1-3-6-18/h1-12,15H,13-14H2,(H,24,25). The van der Waals surface area contributed by atoms with Crippen molar-refractivity contribution in [2.24, 2.45) is 0 Å². The normalized spacial score (nSPS) is 9.89. The van der Waals surface area contributed by atoms with Crippen LogP contribution in [0.2, 0.25) is 0 Å². The third kappa shape index (κ3) is 5.35. The minimum atomic E-state index is -0.170. The Balaban J connectivity index is 1.48. The van der Waals surface area contributed by atoms with Gasteiger partial charge in [0.2, 0.25) is 0 Å². The van der Waals surface area contributed by atoms with Crippen LogP contribution in [0.4, 0.5) is 5.69 Å². The number of hydrogen-bond donors (Lipinski definition) is 1. The van der Waals surface area contributed by atoms with Crippen molar-refractivity contribution in [1.82, 2.24) is 0 Å². The molecule has 0 radical (unpaired) electrons. The first-order valence-corrected chi connectivity index (χ1v) is 8.47. The van der Waals surface area contributed by atoms with Crippen LogP contribution in [0.15, 0.2) is 78.9 Å². The van der Waals surface area contributed by atoms with Crippen molar-refractivity contribution in [3.05, 3.63) is 90.0 Å². The van der Waals surface area contributed by atoms with Gasteiger partial charge in [-0.3, -0.25) is 4.79 Å². The molecular weight excluding hydrogens is 340 g/mol. The molecule has 0 fully saturated rings. The second-order valence-corrected chi connectivity index (χ2v) is 5.68. The number of rotatable bonds is 7. The van der Waals surface area contributed by atoms with E-state index in [2.05, 4.69) is 11.4 Å². The molecule has 27 heavy (non-hydrogen) atoms. The van der Waals surface area contributed by atoms with E-state index in [4.69, 9.17) is 14.7 Å². The molecule has 0 aliphatic heterocycles. The van der Waals surface area contributed by atoms with Gasteiger partial charge in [-0.15, -0.1) is 0 Å². The molecule has 0 saturated heterocycles. The van der Waals surface area contributed by atoms with Crippen LogP contribution < -0.4 is 14.8 Å². The molecule has 3 rings (SSSR count). The van der Waals surface area contributed by atoms with Crippen LogP contribution in [-0.2, 0) is 0 Å². The Morgan fingerprint density at radius 3 is 2.26 bits per heavy atom. The van der Waals surface area contributed by atoms with E-state index in [0.717, 1.165) is 0 Å². The van der Waals surface area contributed by atoms with Crippen LogP contribution in [0.5, 0.6) is 11.5 Å². The van der Waals surface area contributed by atoms with Gasteiger partial charge in [-0.1, -0.05) is 24.3 Å². The number of ether oxygens (including phenoxy) is 2. The molecule has 5 nitrogen and oxygen atoms in total. The predicted molar refractivity (Wildman–Crippen MR) is 103 cm³/mol. The zero-order chi connectivity index (χ0) is 18.9. The Hall–Kier alpha value is -3.78. The number of carbonyl (C=O) groups is 1. The Labute approximate surface area is 157 Å². The number of nitrogens with one attached hydrogen (secondary N) is 1. The summed E-state index contributed by atoms with van der Waals surface area (Å²) in [4.78, 5) is 12.2. The van der Waals surface area contributed by atoms with E-state index < -0.39 is 0 Å². The fourth-order valence-corrected chi connectivity index (χ4v) is 2.40. The van der Waals surface area contributed by atoms with Gasteiger partial charge < -0.3 is 14.8 Å². The number of nitriles is 1. The van der Waals surface area contributed by atoms with Gasteiger partial charge in [0, 0.05) is 17.3 Å². The molecule has 3 aromatic rings. The van der Waals surface area contributed by atoms with Crippen LogP contribution in [0.1, 0.15) is 15.9 Å². The van der Waals surface area contributed by atoms with Crippen molar-refractivity contribution in [3.63, 3.8) is 0 Å². The summed E-state index contributed by atoms with van der Waals surface area (Å²) in [6.07, 6.45) is 0. The van der Waals surface area contributed by atoms with Gasteiger partial charge >= 0.3 is 0 Å². The third-order valence-corrected chi connectivity index (χ3v) is 3.73. The van der Waals surface area contributed by atoms with E-state index in [1.54, 1.807) is 48.5 Å². The van der Waals surface area contributed by atoms with Crippen molar-refractivity contribution in [2.75, 3.05) is 18.5 Å². The lowest BCUT2D eigenvalue weighted by Gasteiger charge is -2.10. The molecule has 0 aliphatic rings. The van der Waals surface area contributed by atoms with Gasteiger partial charge in [-0.05, 0) is 48.5 Å². The minimum Gasteiger partial charge on any atom is -0.490 e. The molecule has 0 saturated carbocycles. The molecular formula is C22H18N2O3. The lowest BCUT2D eigenvalue weighted by molar-refractivity contribution is 0.102. The van der Waals surface area contributed by atoms with Crippen molar-refractivity contribution in [3.8, 4) is 17.6 Å². The zero-order valence-corrected chi connectivity index (χ0v) is 14.6. The smallest absolute Gasteiger partial charge is 0.255 e. The Bertz CT molecular complexity index is 932. The summed E-state index contributed by atoms with van der Waals surface area (Å²) >= 11 is 0. The summed E-state index contributed by atoms with van der Waals surface area (Å²) < 4.78 is 11.2. The second kappa shape index (κ2) is 9.07. The highest BCUT2D eigenvalue weighted by Gasteiger charge is 2.06. The largest absolute Gasteiger partial charge is 0.490 e. The molecule has 0 aromatic heterocycles. The third-order valence-electron chi connectivity index (χ3n) is 3.73. The molecule has 0 spiro atoms. The second-order valence-electron chi connectivity index (χ2n) is 5.68. The quantitative estimate of drug-likeness (QED) is 0.640. The fourth-order valence-electron chi connectivity index (χ4n) is 2.40. The molecule has 1 amide bonds. The van der Waals surface area contributed by atoms with E-state index in [-0.39, 0.29) is 5.91 Å². The average Bonchev–Trinajstić information content (AvgIpc) is 2.72. The molecule has 0 atom stereocenters. The van der Waals surface area contributed by atoms with Crippen molar-refractivity contribution in [1.29, 1.82) is 5.26 Å². The number of nitrogens with zero attached hydrogens (tertiary/aromatic N) is 1. The molecule has 0 bridgehead atoms. The highest BCUT2D eigenvalue weighted by molar-refractivity contribution is 6.04. The topological polar surface area (TPSA) is 71.3 Å². The number of benzene rings is 3. The predicted octanol–water partition coefficient (Wildman–Crippen LogP) is 4.27. The summed E-state index contributed by atoms with van der Waals surface area (Å²) in [6.45, 7) is 0.725. The maximum absolute atomic E-state index is 12.2. The highest BCUT2D eigenvalue weighted by atomic mass is 16.5. The van der Waals surface area contributed by atoms with Gasteiger partial charge in [0.25, 0.3) is 5.91 Å².